The van der Waals surface area contributed by atoms with E-state index in [0.717, 1.165) is 32.2 Å². The molecule has 2 aliphatic heterocycles. The van der Waals surface area contributed by atoms with E-state index >= 15 is 0 Å². The number of aryl methyl sites for hydroxylation is 1. The van der Waals surface area contributed by atoms with Crippen LogP contribution in [0.15, 0.2) is 33.5 Å². The van der Waals surface area contributed by atoms with Crippen molar-refractivity contribution in [3.05, 3.63) is 51.6 Å². The minimum atomic E-state index is -0.742. The molecule has 252 valence electrons. The summed E-state index contributed by atoms with van der Waals surface area (Å²) >= 11 is 0. The normalized spacial score (nSPS) is 19.6. The average Bonchev–Trinajstić information content (AvgIpc) is 3.62. The van der Waals surface area contributed by atoms with Crippen LogP contribution in [0.5, 0.6) is 11.8 Å². The van der Waals surface area contributed by atoms with Gasteiger partial charge < -0.3 is 24.5 Å². The zero-order chi connectivity index (χ0) is 34.3. The molecule has 7 rings (SSSR count). The number of aromatic hydroxyl groups is 1. The number of anilines is 1. The molecule has 2 aromatic heterocycles. The van der Waals surface area contributed by atoms with Crippen LogP contribution in [0.1, 0.15) is 56.6 Å². The molecule has 3 aliphatic rings. The molecule has 1 saturated carbocycles. The van der Waals surface area contributed by atoms with Gasteiger partial charge in [0.05, 0.1) is 23.7 Å². The van der Waals surface area contributed by atoms with E-state index in [9.17, 15) is 23.5 Å². The van der Waals surface area contributed by atoms with E-state index in [4.69, 9.17) is 15.6 Å². The van der Waals surface area contributed by atoms with Crippen molar-refractivity contribution in [3.63, 3.8) is 0 Å². The van der Waals surface area contributed by atoms with Gasteiger partial charge in [-0.25, -0.2) is 13.6 Å². The van der Waals surface area contributed by atoms with Crippen molar-refractivity contribution in [3.8, 4) is 35.4 Å². The van der Waals surface area contributed by atoms with Crippen LogP contribution in [0, 0.1) is 25.1 Å². The Morgan fingerprint density at radius 2 is 2.04 bits per heavy atom. The molecule has 12 heteroatoms. The third-order valence-corrected chi connectivity index (χ3v) is 10.1. The zero-order valence-corrected chi connectivity index (χ0v) is 27.5. The molecule has 48 heavy (non-hydrogen) atoms. The largest absolute Gasteiger partial charge is 0.508 e. The number of methoxy groups -OCH3 is 1. The molecule has 1 amide bonds. The number of halogens is 2. The fourth-order valence-electron chi connectivity index (χ4n) is 7.28. The summed E-state index contributed by atoms with van der Waals surface area (Å²) in [6.45, 7) is 5.43. The van der Waals surface area contributed by atoms with Crippen LogP contribution in [0.2, 0.25) is 0 Å². The molecule has 0 radical (unpaired) electrons. The minimum Gasteiger partial charge on any atom is -0.508 e. The van der Waals surface area contributed by atoms with Crippen molar-refractivity contribution in [2.75, 3.05) is 39.1 Å². The van der Waals surface area contributed by atoms with Gasteiger partial charge in [0.2, 0.25) is 5.91 Å². The first-order valence-corrected chi connectivity index (χ1v) is 16.1. The molecule has 0 bridgehead atoms. The summed E-state index contributed by atoms with van der Waals surface area (Å²) in [4.78, 5) is 38.4. The maximum absolute atomic E-state index is 14.7. The highest BCUT2D eigenvalue weighted by Crippen LogP contribution is 2.40. The monoisotopic (exact) mass is 659 g/mol. The highest BCUT2D eigenvalue weighted by molar-refractivity contribution is 6.03. The predicted octanol–water partition coefficient (Wildman–Crippen LogP) is 5.55. The number of likely N-dealkylation sites (N-methyl/N-ethyl adjacent to an activating group) is 1. The smallest absolute Gasteiger partial charge is 0.349 e. The Labute approximate surface area is 277 Å². The zero-order valence-electron chi connectivity index (χ0n) is 27.5. The summed E-state index contributed by atoms with van der Waals surface area (Å²) in [5, 5.41) is 14.5. The Kier molecular flexibility index (Phi) is 9.00. The van der Waals surface area contributed by atoms with Gasteiger partial charge in [-0.3, -0.25) is 9.69 Å². The molecule has 2 saturated heterocycles. The number of hydrogen-bond donors (Lipinski definition) is 2. The summed E-state index contributed by atoms with van der Waals surface area (Å²) < 4.78 is 38.4. The van der Waals surface area contributed by atoms with Crippen molar-refractivity contribution in [1.82, 2.24) is 19.8 Å². The molecule has 4 aromatic rings. The summed E-state index contributed by atoms with van der Waals surface area (Å²) in [5.74, 6) is 1.87. The number of aromatic nitrogens is 2. The molecule has 2 atom stereocenters. The number of nitrogens with one attached hydrogen (secondary N) is 1. The van der Waals surface area contributed by atoms with Crippen molar-refractivity contribution in [2.24, 2.45) is 0 Å². The van der Waals surface area contributed by atoms with E-state index in [1.54, 1.807) is 18.9 Å². The van der Waals surface area contributed by atoms with E-state index in [1.807, 2.05) is 0 Å². The van der Waals surface area contributed by atoms with Crippen LogP contribution in [-0.4, -0.2) is 82.3 Å². The standard InChI is InChI=1S/C29H27FN4O5.C7H12FN/c1-6-19-21(30)9-8-17-12-18(36)13-20(22(17)19)25-15(2)24-23(27(37)39-25)26(33-28(32-24)38-5)31-14-29(10-7-11-29)34(4)16(3)35;8-6-4-7-2-1-3-9(7)5-6/h1,8-9,12-13,36H,7,10-11,14H2,2-5H3,(H,31,32,33);6-7H,1-5H2. The van der Waals surface area contributed by atoms with Crippen molar-refractivity contribution < 1.29 is 27.8 Å². The Bertz CT molecular complexity index is 1990. The van der Waals surface area contributed by atoms with E-state index in [0.29, 0.717) is 35.5 Å². The van der Waals surface area contributed by atoms with Gasteiger partial charge in [-0.05, 0) is 75.6 Å². The van der Waals surface area contributed by atoms with Crippen LogP contribution >= 0.6 is 0 Å². The topological polar surface area (TPSA) is 121 Å². The van der Waals surface area contributed by atoms with Crippen molar-refractivity contribution in [1.29, 1.82) is 0 Å². The first-order chi connectivity index (χ1) is 23.0. The van der Waals surface area contributed by atoms with Gasteiger partial charge in [-0.1, -0.05) is 12.0 Å². The summed E-state index contributed by atoms with van der Waals surface area (Å²) in [7, 11) is 3.17. The van der Waals surface area contributed by atoms with Crippen molar-refractivity contribution >= 4 is 33.4 Å². The van der Waals surface area contributed by atoms with Crippen LogP contribution in [-0.2, 0) is 4.79 Å². The Hall–Kier alpha value is -4.76. The average molecular weight is 660 g/mol. The molecular formula is C36H39F2N5O5. The highest BCUT2D eigenvalue weighted by Gasteiger charge is 2.42. The molecular weight excluding hydrogens is 620 g/mol. The van der Waals surface area contributed by atoms with Gasteiger partial charge in [-0.15, -0.1) is 6.42 Å². The number of rotatable bonds is 6. The van der Waals surface area contributed by atoms with Gasteiger partial charge in [0.15, 0.2) is 0 Å². The van der Waals surface area contributed by atoms with E-state index < -0.39 is 23.2 Å². The van der Waals surface area contributed by atoms with Crippen molar-refractivity contribution in [2.45, 2.75) is 70.1 Å². The summed E-state index contributed by atoms with van der Waals surface area (Å²) in [6.07, 6.45) is 11.0. The number of carbonyl (C=O) groups is 1. The van der Waals surface area contributed by atoms with E-state index in [1.165, 1.54) is 51.1 Å². The second-order valence-corrected chi connectivity index (χ2v) is 12.9. The third-order valence-electron chi connectivity index (χ3n) is 10.1. The van der Waals surface area contributed by atoms with Gasteiger partial charge in [0.1, 0.15) is 34.7 Å². The van der Waals surface area contributed by atoms with Gasteiger partial charge in [-0.2, -0.15) is 9.97 Å². The number of nitrogens with zero attached hydrogens (tertiary/aromatic N) is 4. The molecule has 2 N–H and O–H groups in total. The number of terminal acetylenes is 1. The van der Waals surface area contributed by atoms with Crippen LogP contribution in [0.25, 0.3) is 33.0 Å². The molecule has 10 nitrogen and oxygen atoms in total. The Morgan fingerprint density at radius 1 is 1.27 bits per heavy atom. The highest BCUT2D eigenvalue weighted by atomic mass is 19.1. The lowest BCUT2D eigenvalue weighted by Crippen LogP contribution is -2.57. The summed E-state index contributed by atoms with van der Waals surface area (Å²) in [5.41, 5.74) is -0.222. The minimum absolute atomic E-state index is 0.0170. The Balaban J connectivity index is 0.000000381. The maximum atomic E-state index is 14.7. The summed E-state index contributed by atoms with van der Waals surface area (Å²) in [6, 6.07) is 6.16. The van der Waals surface area contributed by atoms with Crippen LogP contribution in [0.3, 0.4) is 0 Å². The molecule has 3 fully saturated rings. The Morgan fingerprint density at radius 3 is 2.69 bits per heavy atom. The van der Waals surface area contributed by atoms with Crippen LogP contribution in [0.4, 0.5) is 14.6 Å². The lowest BCUT2D eigenvalue weighted by atomic mass is 9.75. The number of carbonyl (C=O) groups excluding carboxylic acids is 1. The molecule has 1 aliphatic carbocycles. The second kappa shape index (κ2) is 13.0. The van der Waals surface area contributed by atoms with Crippen LogP contribution < -0.4 is 15.7 Å². The number of phenols is 1. The lowest BCUT2D eigenvalue weighted by Gasteiger charge is -2.48. The molecule has 2 aromatic carbocycles. The van der Waals surface area contributed by atoms with Gasteiger partial charge in [0, 0.05) is 49.6 Å². The first kappa shape index (κ1) is 33.2. The number of amides is 1. The number of ether oxygens (including phenoxy) is 1. The fourth-order valence-corrected chi connectivity index (χ4v) is 7.28. The predicted molar refractivity (Wildman–Crippen MR) is 179 cm³/mol. The quantitative estimate of drug-likeness (QED) is 0.257. The number of benzene rings is 2. The molecule has 2 unspecified atom stereocenters. The second-order valence-electron chi connectivity index (χ2n) is 12.9. The molecule has 4 heterocycles. The number of alkyl halides is 1. The van der Waals surface area contributed by atoms with E-state index in [-0.39, 0.29) is 51.3 Å². The molecule has 0 spiro atoms. The number of phenolic OH excluding ortho intramolecular Hbond substituents is 1. The first-order valence-electron chi connectivity index (χ1n) is 16.1. The van der Waals surface area contributed by atoms with E-state index in [2.05, 4.69) is 26.1 Å². The van der Waals surface area contributed by atoms with Gasteiger partial charge in [0.25, 0.3) is 0 Å². The number of hydrogen-bond acceptors (Lipinski definition) is 9. The van der Waals surface area contributed by atoms with Gasteiger partial charge >= 0.3 is 11.6 Å². The lowest BCUT2D eigenvalue weighted by molar-refractivity contribution is -0.136. The SMILES string of the molecule is C#Cc1c(F)ccc2cc(O)cc(-c3oc(=O)c4c(NCC5(N(C)C(C)=O)CCC5)nc(OC)nc4c3C)c12.FC1CC2CCCN2C1. The number of fused-ring (bicyclic) bond motifs is 3. The fraction of sp³-hybridized carbons (Fsp3) is 0.444. The third kappa shape index (κ3) is 5.92. The maximum Gasteiger partial charge on any atom is 0.349 e.